The molecule has 1 aliphatic carbocycles. The summed E-state index contributed by atoms with van der Waals surface area (Å²) < 4.78 is 11.6. The average Bonchev–Trinajstić information content (AvgIpc) is 2.98. The zero-order valence-electron chi connectivity index (χ0n) is 16.2. The van der Waals surface area contributed by atoms with Gasteiger partial charge >= 0.3 is 0 Å². The topological polar surface area (TPSA) is 55.8 Å². The Bertz CT molecular complexity index is 805. The summed E-state index contributed by atoms with van der Waals surface area (Å²) in [5.41, 5.74) is 1.38. The van der Waals surface area contributed by atoms with E-state index in [1.165, 1.54) is 0 Å². The van der Waals surface area contributed by atoms with Crippen LogP contribution in [0.4, 0.5) is 0 Å². The number of halogens is 1. The lowest BCUT2D eigenvalue weighted by Gasteiger charge is -2.35. The number of Topliss-reactive ketones (excluding diaryl/α,β-unsaturated/α-hetero) is 1. The second-order valence-corrected chi connectivity index (χ2v) is 8.10. The van der Waals surface area contributed by atoms with Gasteiger partial charge in [-0.1, -0.05) is 30.2 Å². The highest BCUT2D eigenvalue weighted by molar-refractivity contribution is 6.30. The molecule has 0 N–H and O–H groups in total. The van der Waals surface area contributed by atoms with Gasteiger partial charge in [-0.2, -0.15) is 0 Å². The van der Waals surface area contributed by atoms with Crippen molar-refractivity contribution in [2.75, 3.05) is 19.8 Å². The number of fused-ring (bicyclic) bond motifs is 1. The van der Waals surface area contributed by atoms with Crippen molar-refractivity contribution in [1.82, 2.24) is 4.90 Å². The molecule has 3 unspecified atom stereocenters. The maximum absolute atomic E-state index is 13.4. The number of carbonyl (C=O) groups is 2. The number of ketones is 1. The SMILES string of the molecule is CCOCCCN1C(=O)C2=C(C(=O)C3CCCCC3O2)C1c1cccc(Cl)c1. The van der Waals surface area contributed by atoms with E-state index in [0.717, 1.165) is 31.2 Å². The molecule has 2 aliphatic heterocycles. The molecule has 3 aliphatic rings. The summed E-state index contributed by atoms with van der Waals surface area (Å²) in [4.78, 5) is 28.4. The Labute approximate surface area is 170 Å². The zero-order chi connectivity index (χ0) is 19.7. The van der Waals surface area contributed by atoms with Gasteiger partial charge in [-0.05, 0) is 50.3 Å². The largest absolute Gasteiger partial charge is 0.483 e. The van der Waals surface area contributed by atoms with E-state index in [1.54, 1.807) is 11.0 Å². The molecule has 0 aromatic heterocycles. The van der Waals surface area contributed by atoms with Crippen LogP contribution in [0.15, 0.2) is 35.6 Å². The van der Waals surface area contributed by atoms with E-state index in [9.17, 15) is 9.59 Å². The van der Waals surface area contributed by atoms with Crippen LogP contribution in [0.3, 0.4) is 0 Å². The minimum Gasteiger partial charge on any atom is -0.483 e. The Morgan fingerprint density at radius 2 is 2.07 bits per heavy atom. The lowest BCUT2D eigenvalue weighted by Crippen LogP contribution is -2.39. The molecule has 2 heterocycles. The van der Waals surface area contributed by atoms with Gasteiger partial charge in [0.2, 0.25) is 0 Å². The molecule has 0 radical (unpaired) electrons. The Morgan fingerprint density at radius 1 is 1.25 bits per heavy atom. The molecule has 0 spiro atoms. The first-order chi connectivity index (χ1) is 13.6. The predicted molar refractivity (Wildman–Crippen MR) is 106 cm³/mol. The summed E-state index contributed by atoms with van der Waals surface area (Å²) in [5, 5.41) is 0.591. The molecule has 150 valence electrons. The maximum atomic E-state index is 13.4. The summed E-state index contributed by atoms with van der Waals surface area (Å²) in [7, 11) is 0. The van der Waals surface area contributed by atoms with Crippen LogP contribution in [-0.4, -0.2) is 42.5 Å². The van der Waals surface area contributed by atoms with Gasteiger partial charge in [-0.3, -0.25) is 9.59 Å². The molecule has 28 heavy (non-hydrogen) atoms. The number of hydrogen-bond donors (Lipinski definition) is 0. The van der Waals surface area contributed by atoms with Gasteiger partial charge in [0, 0.05) is 24.8 Å². The molecule has 3 atom stereocenters. The molecular formula is C22H26ClNO4. The summed E-state index contributed by atoms with van der Waals surface area (Å²) in [6.07, 6.45) is 4.30. The number of rotatable bonds is 6. The fraction of sp³-hybridized carbons (Fsp3) is 0.545. The predicted octanol–water partition coefficient (Wildman–Crippen LogP) is 4.06. The highest BCUT2D eigenvalue weighted by Crippen LogP contribution is 2.46. The number of benzene rings is 1. The van der Waals surface area contributed by atoms with Crippen molar-refractivity contribution in [3.8, 4) is 0 Å². The summed E-state index contributed by atoms with van der Waals surface area (Å²) in [5.74, 6) is 0.0188. The van der Waals surface area contributed by atoms with Crippen molar-refractivity contribution in [2.24, 2.45) is 5.92 Å². The van der Waals surface area contributed by atoms with Crippen LogP contribution < -0.4 is 0 Å². The molecule has 6 heteroatoms. The van der Waals surface area contributed by atoms with Crippen LogP contribution in [0.2, 0.25) is 5.02 Å². The third kappa shape index (κ3) is 3.46. The van der Waals surface area contributed by atoms with Crippen LogP contribution in [0.1, 0.15) is 50.6 Å². The fourth-order valence-electron chi connectivity index (χ4n) is 4.63. The van der Waals surface area contributed by atoms with Crippen molar-refractivity contribution >= 4 is 23.3 Å². The molecule has 4 rings (SSSR count). The van der Waals surface area contributed by atoms with Gasteiger partial charge in [0.25, 0.3) is 5.91 Å². The average molecular weight is 404 g/mol. The molecule has 1 saturated carbocycles. The van der Waals surface area contributed by atoms with Gasteiger partial charge < -0.3 is 14.4 Å². The van der Waals surface area contributed by atoms with E-state index in [1.807, 2.05) is 25.1 Å². The number of hydrogen-bond acceptors (Lipinski definition) is 4. The summed E-state index contributed by atoms with van der Waals surface area (Å²) in [6, 6.07) is 6.99. The zero-order valence-corrected chi connectivity index (χ0v) is 16.9. The highest BCUT2D eigenvalue weighted by atomic mass is 35.5. The quantitative estimate of drug-likeness (QED) is 0.672. The summed E-state index contributed by atoms with van der Waals surface area (Å²) in [6.45, 7) is 3.68. The smallest absolute Gasteiger partial charge is 0.290 e. The number of carbonyl (C=O) groups excluding carboxylic acids is 2. The lowest BCUT2D eigenvalue weighted by atomic mass is 9.77. The van der Waals surface area contributed by atoms with E-state index in [4.69, 9.17) is 21.1 Å². The Morgan fingerprint density at radius 3 is 2.86 bits per heavy atom. The first kappa shape index (κ1) is 19.5. The minimum atomic E-state index is -0.432. The number of nitrogens with zero attached hydrogens (tertiary/aromatic N) is 1. The minimum absolute atomic E-state index is 0.0802. The normalized spacial score (nSPS) is 26.9. The maximum Gasteiger partial charge on any atom is 0.290 e. The van der Waals surface area contributed by atoms with Crippen LogP contribution >= 0.6 is 11.6 Å². The van der Waals surface area contributed by atoms with Crippen molar-refractivity contribution in [3.63, 3.8) is 0 Å². The molecule has 0 bridgehead atoms. The van der Waals surface area contributed by atoms with Gasteiger partial charge in [-0.15, -0.1) is 0 Å². The Hall–Kier alpha value is -1.85. The van der Waals surface area contributed by atoms with E-state index in [0.29, 0.717) is 36.8 Å². The third-order valence-electron chi connectivity index (χ3n) is 5.92. The van der Waals surface area contributed by atoms with Crippen LogP contribution in [-0.2, 0) is 19.1 Å². The Balaban J connectivity index is 1.69. The fourth-order valence-corrected chi connectivity index (χ4v) is 4.83. The van der Waals surface area contributed by atoms with E-state index in [-0.39, 0.29) is 29.5 Å². The molecule has 0 saturated heterocycles. The van der Waals surface area contributed by atoms with Crippen LogP contribution in [0.5, 0.6) is 0 Å². The molecule has 1 amide bonds. The molecular weight excluding hydrogens is 378 g/mol. The van der Waals surface area contributed by atoms with Crippen molar-refractivity contribution in [1.29, 1.82) is 0 Å². The molecule has 1 aromatic rings. The van der Waals surface area contributed by atoms with Crippen LogP contribution in [0.25, 0.3) is 0 Å². The highest BCUT2D eigenvalue weighted by Gasteiger charge is 2.51. The summed E-state index contributed by atoms with van der Waals surface area (Å²) >= 11 is 6.22. The molecule has 1 fully saturated rings. The van der Waals surface area contributed by atoms with Gasteiger partial charge in [0.15, 0.2) is 11.5 Å². The Kier molecular flexibility index (Phi) is 5.74. The van der Waals surface area contributed by atoms with Gasteiger partial charge in [0.1, 0.15) is 6.10 Å². The first-order valence-corrected chi connectivity index (χ1v) is 10.6. The van der Waals surface area contributed by atoms with E-state index in [2.05, 4.69) is 0 Å². The standard InChI is InChI=1S/C22H26ClNO4/c1-2-27-12-6-11-24-19(14-7-5-8-15(23)13-14)18-20(25)16-9-3-4-10-17(16)28-21(18)22(24)26/h5,7-8,13,16-17,19H,2-4,6,9-12H2,1H3. The molecule has 1 aromatic carbocycles. The second kappa shape index (κ2) is 8.26. The number of ether oxygens (including phenoxy) is 2. The van der Waals surface area contributed by atoms with E-state index < -0.39 is 6.04 Å². The monoisotopic (exact) mass is 403 g/mol. The van der Waals surface area contributed by atoms with Crippen molar-refractivity contribution in [3.05, 3.63) is 46.2 Å². The van der Waals surface area contributed by atoms with Crippen LogP contribution in [0, 0.1) is 5.92 Å². The van der Waals surface area contributed by atoms with Crippen molar-refractivity contribution < 1.29 is 19.1 Å². The van der Waals surface area contributed by atoms with E-state index >= 15 is 0 Å². The molecule has 5 nitrogen and oxygen atoms in total. The second-order valence-electron chi connectivity index (χ2n) is 7.66. The first-order valence-electron chi connectivity index (χ1n) is 10.2. The van der Waals surface area contributed by atoms with Gasteiger partial charge in [0.05, 0.1) is 17.5 Å². The third-order valence-corrected chi connectivity index (χ3v) is 6.15. The lowest BCUT2D eigenvalue weighted by molar-refractivity contribution is -0.135. The van der Waals surface area contributed by atoms with Gasteiger partial charge in [-0.25, -0.2) is 0 Å². The number of amides is 1. The van der Waals surface area contributed by atoms with Crippen molar-refractivity contribution in [2.45, 2.75) is 51.2 Å².